The highest BCUT2D eigenvalue weighted by Gasteiger charge is 2.31. The zero-order valence-corrected chi connectivity index (χ0v) is 56.2. The summed E-state index contributed by atoms with van der Waals surface area (Å²) in [5.74, 6) is 1.91. The van der Waals surface area contributed by atoms with Crippen LogP contribution in [0.1, 0.15) is 225 Å². The summed E-state index contributed by atoms with van der Waals surface area (Å²) in [6.07, 6.45) is 2.17. The van der Waals surface area contributed by atoms with Crippen LogP contribution in [0.25, 0.3) is 0 Å². The minimum atomic E-state index is -0.603. The lowest BCUT2D eigenvalue weighted by Crippen LogP contribution is -2.22. The third-order valence-corrected chi connectivity index (χ3v) is 16.6. The number of rotatable bonds is 12. The average Bonchev–Trinajstić information content (AvgIpc) is 1.36. The monoisotopic (exact) mass is 1190 g/mol. The number of hydrogen-bond acceptors (Lipinski definition) is 9. The molecular formula is C75H99N3O9. The largest absolute Gasteiger partial charge is 0.496 e. The van der Waals surface area contributed by atoms with E-state index in [2.05, 4.69) is 197 Å². The number of fused-ring (bicyclic) bond motifs is 12. The first kappa shape index (κ1) is 67.0. The van der Waals surface area contributed by atoms with Gasteiger partial charge in [0.15, 0.2) is 19.8 Å². The standard InChI is InChI=1S/C75H99N3O9/c1-70(2,3)55-28-43-22-49-34-58(73(10,11)12)36-51(67(49)85-40-61(76)79)24-45-30-56(71(4,5)6)32-47(65(45)83-20)26-53-38-60(75(16,17)18)39-54(69(53)87-42-63(78)81)27-48-33-57(72(7,8)9)31-46(66(48)84-21)25-52-37-59(74(13,14)15)35-50(68(52)86-41-62(77)80)23-44(29-55)64(43)82-19/h28-39H,22-27,40-42H2,1-21H3,(H2,76,79)(H2,77,80)(H2,78,81). The van der Waals surface area contributed by atoms with Crippen LogP contribution in [0.5, 0.6) is 34.5 Å². The van der Waals surface area contributed by atoms with Crippen LogP contribution in [0.2, 0.25) is 0 Å². The number of carbonyl (C=O) groups is 3. The molecule has 468 valence electrons. The van der Waals surface area contributed by atoms with Gasteiger partial charge in [-0.2, -0.15) is 0 Å². The van der Waals surface area contributed by atoms with Crippen LogP contribution in [-0.4, -0.2) is 58.9 Å². The second-order valence-electron chi connectivity index (χ2n) is 30.2. The van der Waals surface area contributed by atoms with E-state index in [-0.39, 0.29) is 52.3 Å². The van der Waals surface area contributed by atoms with Crippen molar-refractivity contribution >= 4 is 17.7 Å². The summed E-state index contributed by atoms with van der Waals surface area (Å²) < 4.78 is 39.9. The molecule has 1 aliphatic carbocycles. The normalized spacial score (nSPS) is 13.5. The van der Waals surface area contributed by atoms with Gasteiger partial charge in [0.2, 0.25) is 0 Å². The second kappa shape index (κ2) is 25.3. The van der Waals surface area contributed by atoms with E-state index in [0.717, 1.165) is 100 Å². The third kappa shape index (κ3) is 16.0. The van der Waals surface area contributed by atoms with E-state index in [0.29, 0.717) is 73.0 Å². The molecule has 0 aromatic heterocycles. The third-order valence-electron chi connectivity index (χ3n) is 16.6. The highest BCUT2D eigenvalue weighted by Crippen LogP contribution is 2.46. The fourth-order valence-corrected chi connectivity index (χ4v) is 11.7. The minimum Gasteiger partial charge on any atom is -0.496 e. The maximum atomic E-state index is 12.9. The minimum absolute atomic E-state index is 0.312. The van der Waals surface area contributed by atoms with Crippen molar-refractivity contribution in [2.75, 3.05) is 41.2 Å². The molecular weight excluding hydrogens is 1090 g/mol. The molecule has 3 amide bonds. The Bertz CT molecular complexity index is 3070. The van der Waals surface area contributed by atoms with Crippen LogP contribution in [0, 0.1) is 0 Å². The summed E-state index contributed by atoms with van der Waals surface area (Å²) in [5, 5.41) is 0. The number of hydrogen-bond donors (Lipinski definition) is 3. The molecule has 0 saturated carbocycles. The Hall–Kier alpha value is -7.47. The van der Waals surface area contributed by atoms with E-state index in [1.54, 1.807) is 21.3 Å². The van der Waals surface area contributed by atoms with E-state index in [1.165, 1.54) is 0 Å². The maximum Gasteiger partial charge on any atom is 0.255 e. The van der Waals surface area contributed by atoms with Gasteiger partial charge in [-0.05, 0) is 133 Å². The fourth-order valence-electron chi connectivity index (χ4n) is 11.7. The number of amides is 3. The summed E-state index contributed by atoms with van der Waals surface area (Å²) in [4.78, 5) is 38.7. The molecule has 0 fully saturated rings. The number of benzene rings is 6. The predicted octanol–water partition coefficient (Wildman–Crippen LogP) is 13.9. The summed E-state index contributed by atoms with van der Waals surface area (Å²) in [6, 6.07) is 26.5. The molecule has 6 N–H and O–H groups in total. The first-order valence-corrected chi connectivity index (χ1v) is 30.5. The first-order valence-electron chi connectivity index (χ1n) is 30.5. The summed E-state index contributed by atoms with van der Waals surface area (Å²) in [6.45, 7) is 38.6. The fraction of sp³-hybridized carbons (Fsp3) is 0.480. The Morgan fingerprint density at radius 1 is 0.276 bits per heavy atom. The SMILES string of the molecule is COc1c2cc(C(C)(C)C)cc1Cc1cc(C(C)(C)C)cc(c1OCC(N)=O)Cc1cc(C(C)(C)C)cc(c1OC)Cc1cc(C(C)(C)C)cc(c1OCC(N)=O)Cc1cc(C(C)(C)C)cc(c1OC)Cc1cc(C(C)(C)C)cc(c1OCC(N)=O)C2. The molecule has 87 heavy (non-hydrogen) atoms. The Kier molecular flexibility index (Phi) is 19.5. The highest BCUT2D eigenvalue weighted by atomic mass is 16.5. The number of primary amides is 3. The van der Waals surface area contributed by atoms with E-state index in [1.807, 2.05) is 0 Å². The Morgan fingerprint density at radius 2 is 0.402 bits per heavy atom. The van der Waals surface area contributed by atoms with Crippen LogP contribution >= 0.6 is 0 Å². The molecule has 7 rings (SSSR count). The van der Waals surface area contributed by atoms with Gasteiger partial charge in [0.25, 0.3) is 17.7 Å². The average molecular weight is 1190 g/mol. The molecule has 0 spiro atoms. The zero-order valence-electron chi connectivity index (χ0n) is 56.2. The van der Waals surface area contributed by atoms with Crippen LogP contribution in [-0.2, 0) is 85.4 Å². The van der Waals surface area contributed by atoms with Gasteiger partial charge in [-0.15, -0.1) is 0 Å². The Labute approximate surface area is 519 Å². The predicted molar refractivity (Wildman–Crippen MR) is 351 cm³/mol. The van der Waals surface area contributed by atoms with Crippen molar-refractivity contribution in [3.8, 4) is 34.5 Å². The Balaban J connectivity index is 1.72. The van der Waals surface area contributed by atoms with Crippen molar-refractivity contribution in [1.82, 2.24) is 0 Å². The highest BCUT2D eigenvalue weighted by molar-refractivity contribution is 5.77. The smallest absolute Gasteiger partial charge is 0.255 e. The number of methoxy groups -OCH3 is 3. The van der Waals surface area contributed by atoms with Gasteiger partial charge in [0.1, 0.15) is 34.5 Å². The maximum absolute atomic E-state index is 12.9. The van der Waals surface area contributed by atoms with E-state index in [4.69, 9.17) is 45.6 Å². The summed E-state index contributed by atoms with van der Waals surface area (Å²) >= 11 is 0. The van der Waals surface area contributed by atoms with E-state index in [9.17, 15) is 14.4 Å². The molecule has 0 unspecified atom stereocenters. The van der Waals surface area contributed by atoms with Gasteiger partial charge in [-0.1, -0.05) is 197 Å². The van der Waals surface area contributed by atoms with Crippen LogP contribution in [0.3, 0.4) is 0 Å². The van der Waals surface area contributed by atoms with Crippen molar-refractivity contribution in [3.05, 3.63) is 173 Å². The van der Waals surface area contributed by atoms with Crippen molar-refractivity contribution in [3.63, 3.8) is 0 Å². The van der Waals surface area contributed by atoms with Gasteiger partial charge < -0.3 is 45.6 Å². The molecule has 0 heterocycles. The lowest BCUT2D eigenvalue weighted by Gasteiger charge is -2.29. The molecule has 1 aliphatic rings. The summed E-state index contributed by atoms with van der Waals surface area (Å²) in [7, 11) is 5.13. The number of carbonyl (C=O) groups excluding carboxylic acids is 3. The molecule has 0 aliphatic heterocycles. The molecule has 12 nitrogen and oxygen atoms in total. The van der Waals surface area contributed by atoms with Gasteiger partial charge in [0.05, 0.1) is 21.3 Å². The number of ether oxygens (including phenoxy) is 6. The quantitative estimate of drug-likeness (QED) is 0.107. The molecule has 12 heteroatoms. The van der Waals surface area contributed by atoms with Crippen molar-refractivity contribution in [2.45, 2.75) is 196 Å². The molecule has 6 aromatic carbocycles. The zero-order chi connectivity index (χ0) is 64.7. The van der Waals surface area contributed by atoms with Gasteiger partial charge in [-0.3, -0.25) is 14.4 Å². The number of nitrogens with two attached hydrogens (primary N) is 3. The topological polar surface area (TPSA) is 185 Å². The van der Waals surface area contributed by atoms with E-state index < -0.39 is 17.7 Å². The lowest BCUT2D eigenvalue weighted by atomic mass is 9.79. The van der Waals surface area contributed by atoms with Crippen molar-refractivity contribution in [2.24, 2.45) is 17.2 Å². The summed E-state index contributed by atoms with van der Waals surface area (Å²) in [5.41, 5.74) is 33.0. The van der Waals surface area contributed by atoms with Crippen LogP contribution in [0.15, 0.2) is 72.8 Å². The van der Waals surface area contributed by atoms with Crippen molar-refractivity contribution < 1.29 is 42.8 Å². The molecule has 0 atom stereocenters. The lowest BCUT2D eigenvalue weighted by molar-refractivity contribution is -0.120. The molecule has 12 bridgehead atoms. The van der Waals surface area contributed by atoms with Gasteiger partial charge >= 0.3 is 0 Å². The van der Waals surface area contributed by atoms with Crippen molar-refractivity contribution in [1.29, 1.82) is 0 Å². The molecule has 0 radical (unpaired) electrons. The van der Waals surface area contributed by atoms with E-state index >= 15 is 0 Å². The second-order valence-corrected chi connectivity index (χ2v) is 30.2. The van der Waals surface area contributed by atoms with Crippen LogP contribution < -0.4 is 45.6 Å². The van der Waals surface area contributed by atoms with Crippen LogP contribution in [0.4, 0.5) is 0 Å². The first-order chi connectivity index (χ1) is 40.2. The molecule has 6 aromatic rings. The van der Waals surface area contributed by atoms with Gasteiger partial charge in [-0.25, -0.2) is 0 Å². The molecule has 0 saturated heterocycles. The van der Waals surface area contributed by atoms with Gasteiger partial charge in [0, 0.05) is 38.5 Å². The Morgan fingerprint density at radius 3 is 0.506 bits per heavy atom.